The lowest BCUT2D eigenvalue weighted by Crippen LogP contribution is -2.38. The molecule has 1 aromatic rings. The lowest BCUT2D eigenvalue weighted by Gasteiger charge is -2.24. The first-order valence-corrected chi connectivity index (χ1v) is 6.06. The number of hydrogen-bond donors (Lipinski definition) is 3. The van der Waals surface area contributed by atoms with Crippen molar-refractivity contribution in [3.63, 3.8) is 0 Å². The fourth-order valence-corrected chi connectivity index (χ4v) is 1.71. The molecule has 1 aromatic heterocycles. The maximum absolute atomic E-state index is 11.6. The Morgan fingerprint density at radius 3 is 2.63 bits per heavy atom. The Morgan fingerprint density at radius 2 is 2.11 bits per heavy atom. The van der Waals surface area contributed by atoms with Gasteiger partial charge in [0.15, 0.2) is 0 Å². The zero-order valence-corrected chi connectivity index (χ0v) is 11.1. The number of anilines is 2. The summed E-state index contributed by atoms with van der Waals surface area (Å²) in [7, 11) is 0. The van der Waals surface area contributed by atoms with Gasteiger partial charge in [-0.2, -0.15) is 0 Å². The van der Waals surface area contributed by atoms with E-state index in [2.05, 4.69) is 10.3 Å². The van der Waals surface area contributed by atoms with Crippen molar-refractivity contribution >= 4 is 23.3 Å². The van der Waals surface area contributed by atoms with Crippen molar-refractivity contribution in [3.8, 4) is 0 Å². The number of likely N-dealkylation sites (N-methyl/N-ethyl adjacent to an activating group) is 2. The maximum Gasteiger partial charge on any atom is 0.251 e. The van der Waals surface area contributed by atoms with Gasteiger partial charge in [0.1, 0.15) is 5.82 Å². The average molecular weight is 265 g/mol. The van der Waals surface area contributed by atoms with Gasteiger partial charge in [0.2, 0.25) is 5.91 Å². The molecule has 7 heteroatoms. The minimum Gasteiger partial charge on any atom is -0.384 e. The molecule has 0 bridgehead atoms. The summed E-state index contributed by atoms with van der Waals surface area (Å²) in [5, 5.41) is 2.70. The molecule has 0 atom stereocenters. The molecule has 0 fully saturated rings. The molecule has 19 heavy (non-hydrogen) atoms. The van der Waals surface area contributed by atoms with Crippen LogP contribution in [0.5, 0.6) is 0 Å². The van der Waals surface area contributed by atoms with Crippen LogP contribution in [-0.4, -0.2) is 36.4 Å². The van der Waals surface area contributed by atoms with Crippen LogP contribution in [0.25, 0.3) is 0 Å². The summed E-state index contributed by atoms with van der Waals surface area (Å²) in [4.78, 5) is 28.7. The van der Waals surface area contributed by atoms with Crippen molar-refractivity contribution in [2.45, 2.75) is 13.8 Å². The number of primary amides is 1. The second-order valence-corrected chi connectivity index (χ2v) is 3.96. The number of nitrogens with zero attached hydrogens (tertiary/aromatic N) is 2. The highest BCUT2D eigenvalue weighted by atomic mass is 16.2. The Bertz CT molecular complexity index is 475. The van der Waals surface area contributed by atoms with Crippen molar-refractivity contribution in [2.75, 3.05) is 30.3 Å². The molecule has 0 spiro atoms. The number of nitrogen functional groups attached to an aromatic ring is 1. The summed E-state index contributed by atoms with van der Waals surface area (Å²) in [6, 6.07) is 1.41. The Kier molecular flexibility index (Phi) is 5.11. The third-order valence-electron chi connectivity index (χ3n) is 2.60. The predicted molar refractivity (Wildman–Crippen MR) is 73.7 cm³/mol. The summed E-state index contributed by atoms with van der Waals surface area (Å²) < 4.78 is 0. The van der Waals surface area contributed by atoms with E-state index in [1.54, 1.807) is 4.90 Å². The molecule has 7 nitrogen and oxygen atoms in total. The second-order valence-electron chi connectivity index (χ2n) is 3.96. The first kappa shape index (κ1) is 14.7. The molecule has 0 saturated carbocycles. The van der Waals surface area contributed by atoms with E-state index in [-0.39, 0.29) is 23.8 Å². The highest BCUT2D eigenvalue weighted by Gasteiger charge is 2.17. The van der Waals surface area contributed by atoms with E-state index in [1.165, 1.54) is 12.3 Å². The minimum absolute atomic E-state index is 0.128. The number of carbonyl (C=O) groups is 2. The molecule has 0 aliphatic rings. The molecule has 0 aromatic carbocycles. The molecule has 1 rings (SSSR count). The van der Waals surface area contributed by atoms with Gasteiger partial charge < -0.3 is 21.7 Å². The highest BCUT2D eigenvalue weighted by molar-refractivity contribution is 5.99. The van der Waals surface area contributed by atoms with E-state index in [1.807, 2.05) is 13.8 Å². The Balaban J connectivity index is 3.04. The lowest BCUT2D eigenvalue weighted by molar-refractivity contribution is -0.119. The largest absolute Gasteiger partial charge is 0.384 e. The summed E-state index contributed by atoms with van der Waals surface area (Å²) >= 11 is 0. The molecule has 0 aliphatic heterocycles. The van der Waals surface area contributed by atoms with Crippen LogP contribution in [0.2, 0.25) is 0 Å². The van der Waals surface area contributed by atoms with E-state index in [0.717, 1.165) is 0 Å². The standard InChI is InChI=1S/C12H19N5O2/c1-3-15-11(18)7-17(4-2)9-6-16-10(13)5-8(9)12(14)19/h5-6H,3-4,7H2,1-2H3,(H2,13,16)(H2,14,19)(H,15,18). The normalized spacial score (nSPS) is 10.0. The van der Waals surface area contributed by atoms with Gasteiger partial charge in [-0.05, 0) is 19.9 Å². The van der Waals surface area contributed by atoms with Crippen LogP contribution in [0.3, 0.4) is 0 Å². The minimum atomic E-state index is -0.599. The molecular formula is C12H19N5O2. The van der Waals surface area contributed by atoms with E-state index in [9.17, 15) is 9.59 Å². The van der Waals surface area contributed by atoms with Crippen LogP contribution >= 0.6 is 0 Å². The highest BCUT2D eigenvalue weighted by Crippen LogP contribution is 2.20. The van der Waals surface area contributed by atoms with E-state index < -0.39 is 5.91 Å². The van der Waals surface area contributed by atoms with Crippen molar-refractivity contribution < 1.29 is 9.59 Å². The third kappa shape index (κ3) is 3.84. The monoisotopic (exact) mass is 265 g/mol. The average Bonchev–Trinajstić information content (AvgIpc) is 2.36. The number of amides is 2. The number of carbonyl (C=O) groups excluding carboxylic acids is 2. The smallest absolute Gasteiger partial charge is 0.251 e. The number of nitrogens with one attached hydrogen (secondary N) is 1. The number of aromatic nitrogens is 1. The first-order chi connectivity index (χ1) is 8.99. The van der Waals surface area contributed by atoms with E-state index >= 15 is 0 Å². The van der Waals surface area contributed by atoms with Crippen molar-refractivity contribution in [3.05, 3.63) is 17.8 Å². The van der Waals surface area contributed by atoms with Crippen LogP contribution in [0.15, 0.2) is 12.3 Å². The Morgan fingerprint density at radius 1 is 1.42 bits per heavy atom. The molecule has 104 valence electrons. The Labute approximate surface area is 112 Å². The Hall–Kier alpha value is -2.31. The summed E-state index contributed by atoms with van der Waals surface area (Å²) in [6.45, 7) is 4.95. The maximum atomic E-state index is 11.6. The number of nitrogens with two attached hydrogens (primary N) is 2. The van der Waals surface area contributed by atoms with Gasteiger partial charge >= 0.3 is 0 Å². The summed E-state index contributed by atoms with van der Waals surface area (Å²) in [5.41, 5.74) is 11.6. The van der Waals surface area contributed by atoms with Crippen LogP contribution < -0.4 is 21.7 Å². The number of rotatable bonds is 6. The molecular weight excluding hydrogens is 246 g/mol. The van der Waals surface area contributed by atoms with Gasteiger partial charge in [0.05, 0.1) is 24.0 Å². The number of hydrogen-bond acceptors (Lipinski definition) is 5. The van der Waals surface area contributed by atoms with Gasteiger partial charge in [-0.15, -0.1) is 0 Å². The fraction of sp³-hybridized carbons (Fsp3) is 0.417. The van der Waals surface area contributed by atoms with Gasteiger partial charge in [-0.1, -0.05) is 0 Å². The topological polar surface area (TPSA) is 114 Å². The molecule has 2 amide bonds. The first-order valence-electron chi connectivity index (χ1n) is 6.06. The molecule has 0 radical (unpaired) electrons. The summed E-state index contributed by atoms with van der Waals surface area (Å²) in [6.07, 6.45) is 1.46. The zero-order valence-electron chi connectivity index (χ0n) is 11.1. The van der Waals surface area contributed by atoms with E-state index in [0.29, 0.717) is 18.8 Å². The van der Waals surface area contributed by atoms with Crippen LogP contribution in [0.4, 0.5) is 11.5 Å². The lowest BCUT2D eigenvalue weighted by atomic mass is 10.2. The van der Waals surface area contributed by atoms with Crippen LogP contribution in [-0.2, 0) is 4.79 Å². The zero-order chi connectivity index (χ0) is 14.4. The molecule has 0 unspecified atom stereocenters. The van der Waals surface area contributed by atoms with Gasteiger partial charge in [-0.3, -0.25) is 9.59 Å². The SMILES string of the molecule is CCNC(=O)CN(CC)c1cnc(N)cc1C(N)=O. The molecule has 0 aliphatic carbocycles. The van der Waals surface area contributed by atoms with Crippen molar-refractivity contribution in [1.29, 1.82) is 0 Å². The molecule has 1 heterocycles. The predicted octanol–water partition coefficient (Wildman–Crippen LogP) is -0.275. The number of pyridine rings is 1. The summed E-state index contributed by atoms with van der Waals surface area (Å²) in [5.74, 6) is -0.512. The quantitative estimate of drug-likeness (QED) is 0.654. The van der Waals surface area contributed by atoms with Crippen molar-refractivity contribution in [1.82, 2.24) is 10.3 Å². The molecule has 0 saturated heterocycles. The van der Waals surface area contributed by atoms with Crippen LogP contribution in [0, 0.1) is 0 Å². The third-order valence-corrected chi connectivity index (χ3v) is 2.60. The van der Waals surface area contributed by atoms with Crippen molar-refractivity contribution in [2.24, 2.45) is 5.73 Å². The van der Waals surface area contributed by atoms with E-state index in [4.69, 9.17) is 11.5 Å². The fourth-order valence-electron chi connectivity index (χ4n) is 1.71. The van der Waals surface area contributed by atoms with Gasteiger partial charge in [0, 0.05) is 13.1 Å². The van der Waals surface area contributed by atoms with Gasteiger partial charge in [0.25, 0.3) is 5.91 Å². The molecule has 5 N–H and O–H groups in total. The van der Waals surface area contributed by atoms with Gasteiger partial charge in [-0.25, -0.2) is 4.98 Å². The second kappa shape index (κ2) is 6.58. The van der Waals surface area contributed by atoms with Crippen LogP contribution in [0.1, 0.15) is 24.2 Å².